The highest BCUT2D eigenvalue weighted by atomic mass is 16.3. The first-order valence-corrected chi connectivity index (χ1v) is 11.0. The number of carbonyl (C=O) groups is 1. The van der Waals surface area contributed by atoms with Crippen LogP contribution in [0.3, 0.4) is 0 Å². The third-order valence-corrected chi connectivity index (χ3v) is 5.79. The predicted octanol–water partition coefficient (Wildman–Crippen LogP) is 3.35. The van der Waals surface area contributed by atoms with E-state index in [-0.39, 0.29) is 19.1 Å². The lowest BCUT2D eigenvalue weighted by atomic mass is 9.97. The fourth-order valence-corrected chi connectivity index (χ4v) is 3.85. The fourth-order valence-electron chi connectivity index (χ4n) is 3.85. The van der Waals surface area contributed by atoms with Gasteiger partial charge in [0, 0.05) is 48.4 Å². The SMILES string of the molecule is N#CCNC(=O)c1ccc(-c2ccnc(Nc3ccc(N4CCC(CO)CC4)cc3)n2)cc1. The van der Waals surface area contributed by atoms with Crippen LogP contribution < -0.4 is 15.5 Å². The Kier molecular flexibility index (Phi) is 7.12. The van der Waals surface area contributed by atoms with Crippen molar-refractivity contribution in [1.29, 1.82) is 5.26 Å². The Morgan fingerprint density at radius 3 is 2.48 bits per heavy atom. The monoisotopic (exact) mass is 442 g/mol. The van der Waals surface area contributed by atoms with Gasteiger partial charge in [0.05, 0.1) is 11.8 Å². The Morgan fingerprint density at radius 1 is 1.09 bits per heavy atom. The Hall–Kier alpha value is -3.96. The number of nitrogens with zero attached hydrogens (tertiary/aromatic N) is 4. The van der Waals surface area contributed by atoms with Gasteiger partial charge in [-0.05, 0) is 61.2 Å². The Morgan fingerprint density at radius 2 is 1.82 bits per heavy atom. The van der Waals surface area contributed by atoms with Gasteiger partial charge in [-0.2, -0.15) is 5.26 Å². The van der Waals surface area contributed by atoms with Crippen molar-refractivity contribution in [2.24, 2.45) is 5.92 Å². The van der Waals surface area contributed by atoms with Crippen LogP contribution in [0.2, 0.25) is 0 Å². The van der Waals surface area contributed by atoms with Crippen LogP contribution in [0.25, 0.3) is 11.3 Å². The molecule has 1 aliphatic heterocycles. The van der Waals surface area contributed by atoms with E-state index in [0.29, 0.717) is 17.4 Å². The van der Waals surface area contributed by atoms with E-state index < -0.39 is 0 Å². The van der Waals surface area contributed by atoms with Crippen molar-refractivity contribution in [3.05, 3.63) is 66.4 Å². The van der Waals surface area contributed by atoms with E-state index in [4.69, 9.17) is 5.26 Å². The zero-order valence-corrected chi connectivity index (χ0v) is 18.2. The first-order valence-electron chi connectivity index (χ1n) is 11.0. The van der Waals surface area contributed by atoms with Gasteiger partial charge in [-0.15, -0.1) is 0 Å². The Labute approximate surface area is 192 Å². The summed E-state index contributed by atoms with van der Waals surface area (Å²) < 4.78 is 0. The molecule has 0 spiro atoms. The maximum absolute atomic E-state index is 12.0. The van der Waals surface area contributed by atoms with Gasteiger partial charge in [-0.1, -0.05) is 12.1 Å². The van der Waals surface area contributed by atoms with Gasteiger partial charge in [0.1, 0.15) is 6.54 Å². The molecule has 3 aromatic rings. The summed E-state index contributed by atoms with van der Waals surface area (Å²) in [6.45, 7) is 2.17. The second-order valence-corrected chi connectivity index (χ2v) is 7.97. The van der Waals surface area contributed by atoms with Gasteiger partial charge in [0.2, 0.25) is 5.95 Å². The number of benzene rings is 2. The molecule has 0 bridgehead atoms. The summed E-state index contributed by atoms with van der Waals surface area (Å²) in [6.07, 6.45) is 3.73. The predicted molar refractivity (Wildman–Crippen MR) is 127 cm³/mol. The molecule has 8 nitrogen and oxygen atoms in total. The van der Waals surface area contributed by atoms with Crippen LogP contribution in [-0.4, -0.2) is 47.2 Å². The van der Waals surface area contributed by atoms with Gasteiger partial charge < -0.3 is 20.6 Å². The number of carbonyl (C=O) groups excluding carboxylic acids is 1. The van der Waals surface area contributed by atoms with E-state index in [9.17, 15) is 9.90 Å². The smallest absolute Gasteiger partial charge is 0.252 e. The summed E-state index contributed by atoms with van der Waals surface area (Å²) in [7, 11) is 0. The van der Waals surface area contributed by atoms with Gasteiger partial charge in [0.25, 0.3) is 5.91 Å². The zero-order chi connectivity index (χ0) is 23.0. The molecule has 2 aromatic carbocycles. The highest BCUT2D eigenvalue weighted by Gasteiger charge is 2.18. The number of rotatable bonds is 7. The molecular weight excluding hydrogens is 416 g/mol. The van der Waals surface area contributed by atoms with Gasteiger partial charge in [-0.3, -0.25) is 4.79 Å². The number of anilines is 3. The number of hydrogen-bond acceptors (Lipinski definition) is 7. The second-order valence-electron chi connectivity index (χ2n) is 7.97. The minimum Gasteiger partial charge on any atom is -0.396 e. The summed E-state index contributed by atoms with van der Waals surface area (Å²) in [6, 6.07) is 19.0. The highest BCUT2D eigenvalue weighted by Crippen LogP contribution is 2.25. The molecular formula is C25H26N6O2. The number of aromatic nitrogens is 2. The van der Waals surface area contributed by atoms with Crippen LogP contribution in [0.1, 0.15) is 23.2 Å². The number of aliphatic hydroxyl groups excluding tert-OH is 1. The minimum absolute atomic E-state index is 0.0231. The summed E-state index contributed by atoms with van der Waals surface area (Å²) in [5.74, 6) is 0.623. The van der Waals surface area contributed by atoms with E-state index in [0.717, 1.165) is 42.9 Å². The normalized spacial score (nSPS) is 13.9. The molecule has 0 saturated carbocycles. The average molecular weight is 443 g/mol. The van der Waals surface area contributed by atoms with E-state index in [1.807, 2.05) is 36.4 Å². The van der Waals surface area contributed by atoms with Crippen molar-refractivity contribution in [3.63, 3.8) is 0 Å². The second kappa shape index (κ2) is 10.6. The summed E-state index contributed by atoms with van der Waals surface area (Å²) in [4.78, 5) is 23.2. The summed E-state index contributed by atoms with van der Waals surface area (Å²) in [5.41, 5.74) is 4.15. The number of nitrogens with one attached hydrogen (secondary N) is 2. The first kappa shape index (κ1) is 22.2. The molecule has 33 heavy (non-hydrogen) atoms. The average Bonchev–Trinajstić information content (AvgIpc) is 2.88. The van der Waals surface area contributed by atoms with Crippen LogP contribution in [0.15, 0.2) is 60.8 Å². The summed E-state index contributed by atoms with van der Waals surface area (Å²) in [5, 5.41) is 23.7. The molecule has 1 fully saturated rings. The van der Waals surface area contributed by atoms with Gasteiger partial charge >= 0.3 is 0 Å². The first-order chi connectivity index (χ1) is 16.2. The summed E-state index contributed by atoms with van der Waals surface area (Å²) >= 11 is 0. The quantitative estimate of drug-likeness (QED) is 0.481. The van der Waals surface area contributed by atoms with E-state index in [1.54, 1.807) is 18.3 Å². The fraction of sp³-hybridized carbons (Fsp3) is 0.280. The minimum atomic E-state index is -0.283. The third kappa shape index (κ3) is 5.64. The van der Waals surface area contributed by atoms with E-state index >= 15 is 0 Å². The number of amides is 1. The standard InChI is InChI=1S/C25H26N6O2/c26-12-14-27-24(33)20-3-1-19(2-4-20)23-9-13-28-25(30-23)29-21-5-7-22(8-6-21)31-15-10-18(17-32)11-16-31/h1-9,13,18,32H,10-11,14-17H2,(H,27,33)(H,28,29,30). The molecule has 3 N–H and O–H groups in total. The van der Waals surface area contributed by atoms with Gasteiger partial charge in [0.15, 0.2) is 0 Å². The van der Waals surface area contributed by atoms with E-state index in [1.165, 1.54) is 5.69 Å². The van der Waals surface area contributed by atoms with Crippen LogP contribution in [0.5, 0.6) is 0 Å². The van der Waals surface area contributed by atoms with Crippen molar-refractivity contribution < 1.29 is 9.90 Å². The number of nitriles is 1. The van der Waals surface area contributed by atoms with Crippen molar-refractivity contribution in [2.45, 2.75) is 12.8 Å². The van der Waals surface area contributed by atoms with Gasteiger partial charge in [-0.25, -0.2) is 9.97 Å². The maximum atomic E-state index is 12.0. The van der Waals surface area contributed by atoms with E-state index in [2.05, 4.69) is 37.6 Å². The lowest BCUT2D eigenvalue weighted by Crippen LogP contribution is -2.34. The Bertz CT molecular complexity index is 1120. The number of hydrogen-bond donors (Lipinski definition) is 3. The van der Waals surface area contributed by atoms with Crippen molar-refractivity contribution in [3.8, 4) is 17.3 Å². The molecule has 1 amide bonds. The molecule has 0 aliphatic carbocycles. The molecule has 168 valence electrons. The molecule has 0 atom stereocenters. The molecule has 8 heteroatoms. The van der Waals surface area contributed by atoms with Crippen molar-refractivity contribution >= 4 is 23.2 Å². The molecule has 4 rings (SSSR count). The third-order valence-electron chi connectivity index (χ3n) is 5.79. The number of piperidine rings is 1. The van der Waals surface area contributed by atoms with Crippen LogP contribution in [0.4, 0.5) is 17.3 Å². The van der Waals surface area contributed by atoms with Crippen LogP contribution in [-0.2, 0) is 0 Å². The van der Waals surface area contributed by atoms with Crippen molar-refractivity contribution in [1.82, 2.24) is 15.3 Å². The Balaban J connectivity index is 1.40. The molecule has 2 heterocycles. The van der Waals surface area contributed by atoms with Crippen LogP contribution in [0, 0.1) is 17.2 Å². The lowest BCUT2D eigenvalue weighted by molar-refractivity contribution is 0.0958. The molecule has 0 unspecified atom stereocenters. The molecule has 1 aliphatic rings. The highest BCUT2D eigenvalue weighted by molar-refractivity contribution is 5.94. The van der Waals surface area contributed by atoms with Crippen molar-refractivity contribution in [2.75, 3.05) is 36.5 Å². The molecule has 0 radical (unpaired) electrons. The van der Waals surface area contributed by atoms with Crippen LogP contribution >= 0.6 is 0 Å². The maximum Gasteiger partial charge on any atom is 0.252 e. The molecule has 1 saturated heterocycles. The molecule has 1 aromatic heterocycles. The largest absolute Gasteiger partial charge is 0.396 e. The number of aliphatic hydroxyl groups is 1. The lowest BCUT2D eigenvalue weighted by Gasteiger charge is -2.32. The zero-order valence-electron chi connectivity index (χ0n) is 18.2. The topological polar surface area (TPSA) is 114 Å².